The summed E-state index contributed by atoms with van der Waals surface area (Å²) < 4.78 is 10.3. The van der Waals surface area contributed by atoms with E-state index in [-0.39, 0.29) is 5.91 Å². The fraction of sp³-hybridized carbons (Fsp3) is 0.188. The van der Waals surface area contributed by atoms with E-state index in [9.17, 15) is 4.79 Å². The predicted octanol–water partition coefficient (Wildman–Crippen LogP) is 2.23. The monoisotopic (exact) mass is 297 g/mol. The minimum Gasteiger partial charge on any atom is -0.490 e. The molecule has 2 aromatic rings. The van der Waals surface area contributed by atoms with Gasteiger partial charge in [-0.3, -0.25) is 9.78 Å². The Hall–Kier alpha value is -2.91. The molecule has 1 aromatic heterocycles. The number of benzene rings is 1. The fourth-order valence-electron chi connectivity index (χ4n) is 1.76. The van der Waals surface area contributed by atoms with E-state index in [0.29, 0.717) is 35.8 Å². The van der Waals surface area contributed by atoms with E-state index in [0.717, 1.165) is 0 Å². The van der Waals surface area contributed by atoms with Crippen molar-refractivity contribution in [2.24, 2.45) is 0 Å². The van der Waals surface area contributed by atoms with Crippen molar-refractivity contribution in [2.75, 3.05) is 25.6 Å². The van der Waals surface area contributed by atoms with Gasteiger partial charge in [0.05, 0.1) is 12.2 Å². The van der Waals surface area contributed by atoms with Crippen molar-refractivity contribution >= 4 is 11.6 Å². The lowest BCUT2D eigenvalue weighted by Crippen LogP contribution is -2.12. The van der Waals surface area contributed by atoms with Gasteiger partial charge in [-0.15, -0.1) is 0 Å². The molecular formula is C16H15N3O3. The van der Waals surface area contributed by atoms with Gasteiger partial charge in [-0.25, -0.2) is 0 Å². The fourth-order valence-corrected chi connectivity index (χ4v) is 1.76. The maximum Gasteiger partial charge on any atom is 0.255 e. The van der Waals surface area contributed by atoms with Crippen LogP contribution in [0.3, 0.4) is 0 Å². The Bertz CT molecular complexity index is 681. The lowest BCUT2D eigenvalue weighted by molar-refractivity contribution is 0.102. The second-order valence-corrected chi connectivity index (χ2v) is 4.35. The van der Waals surface area contributed by atoms with E-state index < -0.39 is 0 Å². The third kappa shape index (κ3) is 4.04. The number of carbonyl (C=O) groups is 1. The van der Waals surface area contributed by atoms with Gasteiger partial charge in [0.15, 0.2) is 0 Å². The summed E-state index contributed by atoms with van der Waals surface area (Å²) in [5, 5.41) is 11.9. The van der Waals surface area contributed by atoms with Gasteiger partial charge in [0.2, 0.25) is 0 Å². The number of hydrogen-bond donors (Lipinski definition) is 1. The molecule has 0 aliphatic rings. The van der Waals surface area contributed by atoms with Crippen LogP contribution in [0.2, 0.25) is 0 Å². The van der Waals surface area contributed by atoms with E-state index in [2.05, 4.69) is 10.3 Å². The first kappa shape index (κ1) is 15.5. The molecule has 0 aliphatic heterocycles. The molecule has 0 saturated carbocycles. The van der Waals surface area contributed by atoms with Gasteiger partial charge < -0.3 is 14.8 Å². The molecule has 0 unspecified atom stereocenters. The highest BCUT2D eigenvalue weighted by Gasteiger charge is 2.09. The normalized spacial score (nSPS) is 9.82. The van der Waals surface area contributed by atoms with E-state index in [1.165, 1.54) is 0 Å². The van der Waals surface area contributed by atoms with Gasteiger partial charge in [0.1, 0.15) is 18.4 Å². The van der Waals surface area contributed by atoms with Crippen LogP contribution in [0.5, 0.6) is 5.75 Å². The van der Waals surface area contributed by atoms with Crippen molar-refractivity contribution in [3.63, 3.8) is 0 Å². The first-order valence-corrected chi connectivity index (χ1v) is 6.62. The summed E-state index contributed by atoms with van der Waals surface area (Å²) in [6, 6.07) is 10.2. The molecule has 0 spiro atoms. The Kier molecular flexibility index (Phi) is 5.46. The summed E-state index contributed by atoms with van der Waals surface area (Å²) in [6.07, 6.45) is 3.09. The van der Waals surface area contributed by atoms with Crippen LogP contribution in [0.4, 0.5) is 5.69 Å². The van der Waals surface area contributed by atoms with Gasteiger partial charge in [0, 0.05) is 30.8 Å². The van der Waals surface area contributed by atoms with Gasteiger partial charge >= 0.3 is 0 Å². The number of carbonyl (C=O) groups excluding carboxylic acids is 1. The first-order chi connectivity index (χ1) is 10.7. The van der Waals surface area contributed by atoms with Crippen molar-refractivity contribution in [3.8, 4) is 11.8 Å². The zero-order valence-electron chi connectivity index (χ0n) is 12.1. The number of aromatic nitrogens is 1. The number of anilines is 1. The van der Waals surface area contributed by atoms with Crippen molar-refractivity contribution in [3.05, 3.63) is 53.9 Å². The molecule has 0 bridgehead atoms. The van der Waals surface area contributed by atoms with Gasteiger partial charge in [-0.05, 0) is 30.3 Å². The molecule has 1 amide bonds. The molecule has 1 aromatic carbocycles. The molecule has 0 atom stereocenters. The van der Waals surface area contributed by atoms with E-state index in [1.54, 1.807) is 49.8 Å². The second kappa shape index (κ2) is 7.76. The molecule has 1 heterocycles. The molecule has 0 saturated heterocycles. The SMILES string of the molecule is COCCOc1ccc(NC(=O)c2ccncc2)cc1C#N. The summed E-state index contributed by atoms with van der Waals surface area (Å²) in [5.74, 6) is 0.195. The standard InChI is InChI=1S/C16H15N3O3/c1-21-8-9-22-15-3-2-14(10-13(15)11-17)19-16(20)12-4-6-18-7-5-12/h2-7,10H,8-9H2,1H3,(H,19,20). The lowest BCUT2D eigenvalue weighted by atomic mass is 10.2. The van der Waals surface area contributed by atoms with Crippen LogP contribution in [0.25, 0.3) is 0 Å². The molecule has 1 N–H and O–H groups in total. The number of hydrogen-bond acceptors (Lipinski definition) is 5. The summed E-state index contributed by atoms with van der Waals surface area (Å²) >= 11 is 0. The second-order valence-electron chi connectivity index (χ2n) is 4.35. The van der Waals surface area contributed by atoms with Crippen LogP contribution >= 0.6 is 0 Å². The van der Waals surface area contributed by atoms with E-state index >= 15 is 0 Å². The zero-order valence-corrected chi connectivity index (χ0v) is 12.1. The van der Waals surface area contributed by atoms with Crippen LogP contribution in [0.15, 0.2) is 42.7 Å². The Morgan fingerprint density at radius 3 is 2.73 bits per heavy atom. The average Bonchev–Trinajstić information content (AvgIpc) is 2.57. The summed E-state index contributed by atoms with van der Waals surface area (Å²) in [6.45, 7) is 0.791. The highest BCUT2D eigenvalue weighted by Crippen LogP contribution is 2.22. The van der Waals surface area contributed by atoms with E-state index in [1.807, 2.05) is 6.07 Å². The molecule has 0 aliphatic carbocycles. The Morgan fingerprint density at radius 2 is 2.05 bits per heavy atom. The number of ether oxygens (including phenoxy) is 2. The highest BCUT2D eigenvalue weighted by atomic mass is 16.5. The minimum absolute atomic E-state index is 0.264. The topological polar surface area (TPSA) is 84.2 Å². The molecule has 2 rings (SSSR count). The number of amides is 1. The van der Waals surface area contributed by atoms with Crippen LogP contribution in [0, 0.1) is 11.3 Å². The third-order valence-electron chi connectivity index (χ3n) is 2.85. The summed E-state index contributed by atoms with van der Waals surface area (Å²) in [5.41, 5.74) is 1.37. The maximum atomic E-state index is 12.0. The first-order valence-electron chi connectivity index (χ1n) is 6.62. The summed E-state index contributed by atoms with van der Waals surface area (Å²) in [7, 11) is 1.58. The highest BCUT2D eigenvalue weighted by molar-refractivity contribution is 6.04. The largest absolute Gasteiger partial charge is 0.490 e. The molecule has 6 nitrogen and oxygen atoms in total. The van der Waals surface area contributed by atoms with Gasteiger partial charge in [-0.1, -0.05) is 0 Å². The number of nitrogens with one attached hydrogen (secondary N) is 1. The smallest absolute Gasteiger partial charge is 0.255 e. The number of methoxy groups -OCH3 is 1. The van der Waals surface area contributed by atoms with Crippen molar-refractivity contribution < 1.29 is 14.3 Å². The Morgan fingerprint density at radius 1 is 1.27 bits per heavy atom. The maximum absolute atomic E-state index is 12.0. The minimum atomic E-state index is -0.264. The molecule has 22 heavy (non-hydrogen) atoms. The lowest BCUT2D eigenvalue weighted by Gasteiger charge is -2.10. The molecule has 112 valence electrons. The van der Waals surface area contributed by atoms with Crippen molar-refractivity contribution in [1.82, 2.24) is 4.98 Å². The third-order valence-corrected chi connectivity index (χ3v) is 2.85. The predicted molar refractivity (Wildman–Crippen MR) is 80.7 cm³/mol. The van der Waals surface area contributed by atoms with E-state index in [4.69, 9.17) is 14.7 Å². The average molecular weight is 297 g/mol. The van der Waals surface area contributed by atoms with Gasteiger partial charge in [0.25, 0.3) is 5.91 Å². The zero-order chi connectivity index (χ0) is 15.8. The number of nitrogens with zero attached hydrogens (tertiary/aromatic N) is 2. The molecule has 0 radical (unpaired) electrons. The van der Waals surface area contributed by atoms with Crippen LogP contribution < -0.4 is 10.1 Å². The molecule has 6 heteroatoms. The number of pyridine rings is 1. The number of nitriles is 1. The van der Waals surface area contributed by atoms with Crippen LogP contribution in [0.1, 0.15) is 15.9 Å². The number of rotatable bonds is 6. The van der Waals surface area contributed by atoms with Gasteiger partial charge in [-0.2, -0.15) is 5.26 Å². The van der Waals surface area contributed by atoms with Crippen molar-refractivity contribution in [1.29, 1.82) is 5.26 Å². The molecular weight excluding hydrogens is 282 g/mol. The van der Waals surface area contributed by atoms with Crippen LogP contribution in [-0.2, 0) is 4.74 Å². The Labute approximate surface area is 128 Å². The summed E-state index contributed by atoms with van der Waals surface area (Å²) in [4.78, 5) is 15.9. The van der Waals surface area contributed by atoms with Crippen LogP contribution in [-0.4, -0.2) is 31.2 Å². The Balaban J connectivity index is 2.09. The van der Waals surface area contributed by atoms with Crippen molar-refractivity contribution in [2.45, 2.75) is 0 Å². The quantitative estimate of drug-likeness (QED) is 0.826. The molecule has 0 fully saturated rings.